The van der Waals surface area contributed by atoms with Gasteiger partial charge in [0, 0.05) is 25.6 Å². The van der Waals surface area contributed by atoms with E-state index in [9.17, 15) is 14.0 Å². The van der Waals surface area contributed by atoms with Crippen LogP contribution in [0.3, 0.4) is 0 Å². The van der Waals surface area contributed by atoms with Gasteiger partial charge in [-0.2, -0.15) is 0 Å². The average molecular weight is 409 g/mol. The van der Waals surface area contributed by atoms with Crippen LogP contribution in [0.2, 0.25) is 0 Å². The molecular formula is C25H29FN2O2. The predicted molar refractivity (Wildman–Crippen MR) is 115 cm³/mol. The lowest BCUT2D eigenvalue weighted by Gasteiger charge is -2.42. The van der Waals surface area contributed by atoms with E-state index in [1.165, 1.54) is 12.1 Å². The van der Waals surface area contributed by atoms with Crippen molar-refractivity contribution in [2.45, 2.75) is 39.0 Å². The molecule has 1 saturated heterocycles. The summed E-state index contributed by atoms with van der Waals surface area (Å²) >= 11 is 0. The van der Waals surface area contributed by atoms with Gasteiger partial charge in [-0.1, -0.05) is 36.4 Å². The number of carbonyl (C=O) groups excluding carboxylic acids is 2. The average Bonchev–Trinajstić information content (AvgIpc) is 3.59. The quantitative estimate of drug-likeness (QED) is 0.779. The maximum Gasteiger partial charge on any atom is 0.228 e. The van der Waals surface area contributed by atoms with Crippen molar-refractivity contribution in [2.24, 2.45) is 11.3 Å². The van der Waals surface area contributed by atoms with Gasteiger partial charge in [-0.05, 0) is 67.9 Å². The summed E-state index contributed by atoms with van der Waals surface area (Å²) in [5.74, 6) is 0.121. The molecular weight excluding hydrogens is 379 g/mol. The number of amides is 2. The zero-order valence-corrected chi connectivity index (χ0v) is 17.5. The van der Waals surface area contributed by atoms with Crippen molar-refractivity contribution in [3.05, 3.63) is 59.9 Å². The van der Waals surface area contributed by atoms with Gasteiger partial charge in [-0.3, -0.25) is 9.59 Å². The first-order chi connectivity index (χ1) is 14.5. The van der Waals surface area contributed by atoms with E-state index >= 15 is 0 Å². The molecule has 2 amide bonds. The molecule has 0 aromatic heterocycles. The summed E-state index contributed by atoms with van der Waals surface area (Å²) in [6.07, 6.45) is 4.10. The van der Waals surface area contributed by atoms with Crippen LogP contribution >= 0.6 is 0 Å². The fourth-order valence-corrected chi connectivity index (χ4v) is 4.59. The second-order valence-electron chi connectivity index (χ2n) is 8.66. The van der Waals surface area contributed by atoms with Gasteiger partial charge < -0.3 is 10.2 Å². The minimum Gasteiger partial charge on any atom is -0.356 e. The van der Waals surface area contributed by atoms with Crippen LogP contribution < -0.4 is 5.32 Å². The summed E-state index contributed by atoms with van der Waals surface area (Å²) in [4.78, 5) is 27.8. The number of hydrogen-bond donors (Lipinski definition) is 1. The Morgan fingerprint density at radius 1 is 1.13 bits per heavy atom. The lowest BCUT2D eigenvalue weighted by atomic mass is 9.74. The molecule has 1 heterocycles. The third-order valence-corrected chi connectivity index (χ3v) is 6.26. The first kappa shape index (κ1) is 20.6. The van der Waals surface area contributed by atoms with Gasteiger partial charge in [0.25, 0.3) is 0 Å². The van der Waals surface area contributed by atoms with Crippen molar-refractivity contribution in [1.29, 1.82) is 0 Å². The lowest BCUT2D eigenvalue weighted by molar-refractivity contribution is -0.142. The molecule has 30 heavy (non-hydrogen) atoms. The highest BCUT2D eigenvalue weighted by molar-refractivity contribution is 5.86. The van der Waals surface area contributed by atoms with Crippen molar-refractivity contribution < 1.29 is 14.0 Å². The number of nitrogens with one attached hydrogen (secondary N) is 1. The minimum atomic E-state index is -0.626. The predicted octanol–water partition coefficient (Wildman–Crippen LogP) is 4.19. The molecule has 0 spiro atoms. The van der Waals surface area contributed by atoms with E-state index in [0.717, 1.165) is 48.9 Å². The van der Waals surface area contributed by atoms with Crippen LogP contribution in [0.1, 0.15) is 38.2 Å². The van der Waals surface area contributed by atoms with Crippen LogP contribution in [0.4, 0.5) is 4.39 Å². The topological polar surface area (TPSA) is 49.4 Å². The van der Waals surface area contributed by atoms with Gasteiger partial charge in [0.15, 0.2) is 0 Å². The SMILES string of the molecule is CCNC(=O)[C@@]1(Cc2cccc(-c3cccc(F)c3)c2)CCCN(C(=O)C2CC2)C1. The van der Waals surface area contributed by atoms with E-state index in [2.05, 4.69) is 5.32 Å². The van der Waals surface area contributed by atoms with E-state index < -0.39 is 5.41 Å². The fraction of sp³-hybridized carbons (Fsp3) is 0.440. The first-order valence-electron chi connectivity index (χ1n) is 10.9. The molecule has 2 aromatic carbocycles. The maximum absolute atomic E-state index is 13.7. The summed E-state index contributed by atoms with van der Waals surface area (Å²) in [7, 11) is 0. The number of halogens is 1. The summed E-state index contributed by atoms with van der Waals surface area (Å²) in [5, 5.41) is 3.01. The van der Waals surface area contributed by atoms with Crippen molar-refractivity contribution in [3.63, 3.8) is 0 Å². The standard InChI is InChI=1S/C25H29FN2O2/c1-2-27-24(30)25(12-5-13-28(17-25)23(29)19-10-11-19)16-18-6-3-7-20(14-18)21-8-4-9-22(26)15-21/h3-4,6-9,14-15,19H,2,5,10-13,16-17H2,1H3,(H,27,30)/t25-/m1/s1. The number of nitrogens with zero attached hydrogens (tertiary/aromatic N) is 1. The Kier molecular flexibility index (Phi) is 5.89. The van der Waals surface area contributed by atoms with Gasteiger partial charge in [0.05, 0.1) is 5.41 Å². The van der Waals surface area contributed by atoms with Gasteiger partial charge in [0.2, 0.25) is 11.8 Å². The third-order valence-electron chi connectivity index (χ3n) is 6.26. The number of likely N-dealkylation sites (tertiary alicyclic amines) is 1. The maximum atomic E-state index is 13.7. The summed E-state index contributed by atoms with van der Waals surface area (Å²) < 4.78 is 13.7. The first-order valence-corrected chi connectivity index (χ1v) is 10.9. The lowest BCUT2D eigenvalue weighted by Crippen LogP contribution is -2.54. The van der Waals surface area contributed by atoms with Crippen LogP contribution in [-0.4, -0.2) is 36.3 Å². The molecule has 0 radical (unpaired) electrons. The van der Waals surface area contributed by atoms with Crippen molar-refractivity contribution in [2.75, 3.05) is 19.6 Å². The highest BCUT2D eigenvalue weighted by Crippen LogP contribution is 2.38. The monoisotopic (exact) mass is 408 g/mol. The fourth-order valence-electron chi connectivity index (χ4n) is 4.59. The van der Waals surface area contributed by atoms with E-state index in [4.69, 9.17) is 0 Å². The molecule has 1 aliphatic heterocycles. The van der Waals surface area contributed by atoms with Gasteiger partial charge in [-0.25, -0.2) is 4.39 Å². The molecule has 5 heteroatoms. The van der Waals surface area contributed by atoms with Gasteiger partial charge in [-0.15, -0.1) is 0 Å². The molecule has 2 aliphatic rings. The Bertz CT molecular complexity index is 940. The van der Waals surface area contributed by atoms with E-state index in [0.29, 0.717) is 19.5 Å². The second kappa shape index (κ2) is 8.58. The molecule has 0 unspecified atom stereocenters. The zero-order valence-electron chi connectivity index (χ0n) is 17.5. The van der Waals surface area contributed by atoms with Crippen LogP contribution in [0.25, 0.3) is 11.1 Å². The Balaban J connectivity index is 1.61. The number of hydrogen-bond acceptors (Lipinski definition) is 2. The van der Waals surface area contributed by atoms with E-state index in [-0.39, 0.29) is 23.5 Å². The molecule has 1 aliphatic carbocycles. The van der Waals surface area contributed by atoms with E-state index in [1.807, 2.05) is 42.2 Å². The molecule has 1 saturated carbocycles. The van der Waals surface area contributed by atoms with Crippen LogP contribution in [0, 0.1) is 17.2 Å². The van der Waals surface area contributed by atoms with Crippen LogP contribution in [0.15, 0.2) is 48.5 Å². The normalized spacial score (nSPS) is 21.3. The van der Waals surface area contributed by atoms with E-state index in [1.54, 1.807) is 6.07 Å². The minimum absolute atomic E-state index is 0.0226. The molecule has 2 fully saturated rings. The Morgan fingerprint density at radius 3 is 2.57 bits per heavy atom. The largest absolute Gasteiger partial charge is 0.356 e. The summed E-state index contributed by atoms with van der Waals surface area (Å²) in [5.41, 5.74) is 2.15. The number of carbonyl (C=O) groups is 2. The van der Waals surface area contributed by atoms with Crippen LogP contribution in [0.5, 0.6) is 0 Å². The summed E-state index contributed by atoms with van der Waals surface area (Å²) in [6.45, 7) is 3.70. The highest BCUT2D eigenvalue weighted by Gasteiger charge is 2.45. The number of piperidine rings is 1. The Morgan fingerprint density at radius 2 is 1.87 bits per heavy atom. The van der Waals surface area contributed by atoms with Crippen molar-refractivity contribution in [3.8, 4) is 11.1 Å². The highest BCUT2D eigenvalue weighted by atomic mass is 19.1. The number of rotatable bonds is 6. The molecule has 4 nitrogen and oxygen atoms in total. The molecule has 2 aromatic rings. The molecule has 0 bridgehead atoms. The van der Waals surface area contributed by atoms with Gasteiger partial charge in [0.1, 0.15) is 5.82 Å². The smallest absolute Gasteiger partial charge is 0.228 e. The van der Waals surface area contributed by atoms with Crippen molar-refractivity contribution in [1.82, 2.24) is 10.2 Å². The number of benzene rings is 2. The Labute approximate surface area is 177 Å². The molecule has 1 N–H and O–H groups in total. The molecule has 4 rings (SSSR count). The van der Waals surface area contributed by atoms with Crippen LogP contribution in [-0.2, 0) is 16.0 Å². The Hall–Kier alpha value is -2.69. The second-order valence-corrected chi connectivity index (χ2v) is 8.66. The van der Waals surface area contributed by atoms with Gasteiger partial charge >= 0.3 is 0 Å². The zero-order chi connectivity index (χ0) is 21.1. The third kappa shape index (κ3) is 4.40. The summed E-state index contributed by atoms with van der Waals surface area (Å²) in [6, 6.07) is 14.5. The molecule has 1 atom stereocenters. The molecule has 158 valence electrons. The van der Waals surface area contributed by atoms with Crippen molar-refractivity contribution >= 4 is 11.8 Å².